The van der Waals surface area contributed by atoms with E-state index in [2.05, 4.69) is 19.1 Å². The second kappa shape index (κ2) is 25.4. The van der Waals surface area contributed by atoms with E-state index in [1.165, 1.54) is 57.1 Å². The highest BCUT2D eigenvalue weighted by Gasteiger charge is 2.18. The van der Waals surface area contributed by atoms with Gasteiger partial charge in [0.05, 0.1) is 0 Å². The van der Waals surface area contributed by atoms with E-state index in [0.29, 0.717) is 0 Å². The molecule has 0 spiro atoms. The van der Waals surface area contributed by atoms with Gasteiger partial charge in [0.25, 0.3) is 0 Å². The zero-order valence-electron chi connectivity index (χ0n) is 27.1. The van der Waals surface area contributed by atoms with Crippen LogP contribution in [0.15, 0.2) is 85.0 Å². The van der Waals surface area contributed by atoms with E-state index < -0.39 is 24.0 Å². The van der Waals surface area contributed by atoms with Crippen LogP contribution in [0.2, 0.25) is 0 Å². The third kappa shape index (κ3) is 20.6. The number of esters is 3. The number of benzene rings is 2. The number of rotatable bonds is 24. The number of hydrogen-bond donors (Lipinski definition) is 0. The van der Waals surface area contributed by atoms with Gasteiger partial charge in [-0.25, -0.2) is 9.59 Å². The van der Waals surface area contributed by atoms with Gasteiger partial charge in [0.2, 0.25) is 0 Å². The summed E-state index contributed by atoms with van der Waals surface area (Å²) in [5.41, 5.74) is 1.72. The van der Waals surface area contributed by atoms with E-state index in [4.69, 9.17) is 14.2 Å². The number of carbonyl (C=O) groups excluding carboxylic acids is 3. The van der Waals surface area contributed by atoms with Gasteiger partial charge in [0.15, 0.2) is 6.10 Å². The molecule has 0 aliphatic carbocycles. The highest BCUT2D eigenvalue weighted by Crippen LogP contribution is 2.11. The minimum atomic E-state index is -0.899. The van der Waals surface area contributed by atoms with Crippen LogP contribution in [-0.2, 0) is 28.6 Å². The van der Waals surface area contributed by atoms with Gasteiger partial charge in [0.1, 0.15) is 13.2 Å². The molecule has 0 aliphatic heterocycles. The minimum absolute atomic E-state index is 0.217. The van der Waals surface area contributed by atoms with Gasteiger partial charge in [-0.3, -0.25) is 4.79 Å². The van der Waals surface area contributed by atoms with E-state index in [0.717, 1.165) is 49.7 Å². The van der Waals surface area contributed by atoms with Gasteiger partial charge in [-0.2, -0.15) is 0 Å². The molecule has 6 nitrogen and oxygen atoms in total. The van der Waals surface area contributed by atoms with Gasteiger partial charge in [-0.05, 0) is 55.4 Å². The minimum Gasteiger partial charge on any atom is -0.458 e. The molecule has 0 amide bonds. The third-order valence-corrected chi connectivity index (χ3v) is 7.19. The molecule has 244 valence electrons. The van der Waals surface area contributed by atoms with E-state index in [1.807, 2.05) is 60.7 Å². The molecule has 0 unspecified atom stereocenters. The number of hydrogen-bond acceptors (Lipinski definition) is 6. The predicted octanol–water partition coefficient (Wildman–Crippen LogP) is 9.45. The van der Waals surface area contributed by atoms with Crippen molar-refractivity contribution in [3.63, 3.8) is 0 Å². The lowest BCUT2D eigenvalue weighted by atomic mass is 10.1. The number of carbonyl (C=O) groups is 3. The smallest absolute Gasteiger partial charge is 0.330 e. The lowest BCUT2D eigenvalue weighted by Crippen LogP contribution is -2.30. The first-order chi connectivity index (χ1) is 22.1. The number of ether oxygens (including phenoxy) is 3. The molecule has 2 rings (SSSR count). The molecule has 0 radical (unpaired) electrons. The Balaban J connectivity index is 1.68. The Bertz CT molecular complexity index is 1090. The van der Waals surface area contributed by atoms with Crippen molar-refractivity contribution in [2.24, 2.45) is 0 Å². The number of allylic oxidation sites excluding steroid dienone is 2. The van der Waals surface area contributed by atoms with Gasteiger partial charge in [0, 0.05) is 18.6 Å². The second-order valence-electron chi connectivity index (χ2n) is 11.2. The largest absolute Gasteiger partial charge is 0.458 e. The van der Waals surface area contributed by atoms with E-state index in [9.17, 15) is 14.4 Å². The normalized spacial score (nSPS) is 11.5. The van der Waals surface area contributed by atoms with Gasteiger partial charge in [-0.15, -0.1) is 0 Å². The first kappa shape index (κ1) is 37.3. The molecule has 0 saturated heterocycles. The molecule has 0 aliphatic rings. The van der Waals surface area contributed by atoms with Crippen LogP contribution in [-0.4, -0.2) is 37.2 Å². The summed E-state index contributed by atoms with van der Waals surface area (Å²) in [5.74, 6) is -1.55. The van der Waals surface area contributed by atoms with Crippen molar-refractivity contribution < 1.29 is 28.6 Å². The summed E-state index contributed by atoms with van der Waals surface area (Å²) in [4.78, 5) is 37.1. The van der Waals surface area contributed by atoms with Crippen LogP contribution in [0.3, 0.4) is 0 Å². The lowest BCUT2D eigenvalue weighted by Gasteiger charge is -2.17. The molecular formula is C39H52O6. The molecule has 0 atom stereocenters. The molecule has 0 N–H and O–H groups in total. The van der Waals surface area contributed by atoms with Crippen molar-refractivity contribution in [3.05, 3.63) is 96.1 Å². The van der Waals surface area contributed by atoms with Crippen molar-refractivity contribution in [2.75, 3.05) is 13.2 Å². The summed E-state index contributed by atoms with van der Waals surface area (Å²) in [5, 5.41) is 0. The highest BCUT2D eigenvalue weighted by molar-refractivity contribution is 5.87. The van der Waals surface area contributed by atoms with Crippen LogP contribution in [0.5, 0.6) is 0 Å². The standard InChI is InChI=1S/C39H52O6/c1-2-3-4-5-6-7-8-9-10-11-12-13-14-15-22-27-39(42)45-36(32-43-37(40)30-28-34-23-18-16-19-24-34)33-44-38(41)31-29-35-25-20-17-21-26-35/h9-10,16-21,23-26,28-31,36H,2-8,11-15,22,27,32-33H2,1H3/b10-9-,30-28+,31-29+. The summed E-state index contributed by atoms with van der Waals surface area (Å²) in [7, 11) is 0. The van der Waals surface area contributed by atoms with Crippen LogP contribution in [0, 0.1) is 0 Å². The Hall–Kier alpha value is -3.93. The van der Waals surface area contributed by atoms with Gasteiger partial charge >= 0.3 is 17.9 Å². The average Bonchev–Trinajstić information content (AvgIpc) is 3.06. The molecule has 0 fully saturated rings. The van der Waals surface area contributed by atoms with E-state index in [-0.39, 0.29) is 19.6 Å². The fraction of sp³-hybridized carbons (Fsp3) is 0.462. The Kier molecular flexibility index (Phi) is 21.0. The van der Waals surface area contributed by atoms with E-state index in [1.54, 1.807) is 12.2 Å². The summed E-state index contributed by atoms with van der Waals surface area (Å²) in [6, 6.07) is 18.7. The fourth-order valence-corrected chi connectivity index (χ4v) is 4.60. The van der Waals surface area contributed by atoms with Crippen molar-refractivity contribution in [2.45, 2.75) is 103 Å². The zero-order chi connectivity index (χ0) is 32.2. The van der Waals surface area contributed by atoms with Crippen LogP contribution in [0.1, 0.15) is 108 Å². The summed E-state index contributed by atoms with van der Waals surface area (Å²) >= 11 is 0. The fourth-order valence-electron chi connectivity index (χ4n) is 4.60. The molecule has 2 aromatic carbocycles. The maximum absolute atomic E-state index is 12.6. The zero-order valence-corrected chi connectivity index (χ0v) is 27.1. The van der Waals surface area contributed by atoms with Crippen LogP contribution in [0.25, 0.3) is 12.2 Å². The molecule has 0 heterocycles. The monoisotopic (exact) mass is 616 g/mol. The van der Waals surface area contributed by atoms with Crippen LogP contribution >= 0.6 is 0 Å². The van der Waals surface area contributed by atoms with Crippen LogP contribution < -0.4 is 0 Å². The predicted molar refractivity (Wildman–Crippen MR) is 182 cm³/mol. The molecule has 45 heavy (non-hydrogen) atoms. The van der Waals surface area contributed by atoms with Gasteiger partial charge in [-0.1, -0.05) is 131 Å². The van der Waals surface area contributed by atoms with Crippen molar-refractivity contribution in [3.8, 4) is 0 Å². The molecular weight excluding hydrogens is 564 g/mol. The molecule has 0 bridgehead atoms. The SMILES string of the molecule is CCCCCCCC/C=C\CCCCCCCC(=O)OC(COC(=O)/C=C/c1ccccc1)COC(=O)/C=C/c1ccccc1. The Morgan fingerprint density at radius 3 is 1.53 bits per heavy atom. The molecule has 6 heteroatoms. The highest BCUT2D eigenvalue weighted by atomic mass is 16.6. The maximum Gasteiger partial charge on any atom is 0.330 e. The maximum atomic E-state index is 12.6. The first-order valence-electron chi connectivity index (χ1n) is 16.7. The summed E-state index contributed by atoms with van der Waals surface area (Å²) in [6.45, 7) is 1.82. The van der Waals surface area contributed by atoms with Crippen molar-refractivity contribution in [1.82, 2.24) is 0 Å². The molecule has 0 saturated carbocycles. The van der Waals surface area contributed by atoms with E-state index >= 15 is 0 Å². The Labute approximate surface area is 270 Å². The third-order valence-electron chi connectivity index (χ3n) is 7.19. The first-order valence-corrected chi connectivity index (χ1v) is 16.7. The molecule has 0 aromatic heterocycles. The van der Waals surface area contributed by atoms with Gasteiger partial charge < -0.3 is 14.2 Å². The summed E-state index contributed by atoms with van der Waals surface area (Å²) in [6.07, 6.45) is 25.2. The summed E-state index contributed by atoms with van der Waals surface area (Å²) < 4.78 is 16.1. The second-order valence-corrected chi connectivity index (χ2v) is 11.2. The topological polar surface area (TPSA) is 78.9 Å². The van der Waals surface area contributed by atoms with Crippen molar-refractivity contribution >= 4 is 30.1 Å². The van der Waals surface area contributed by atoms with Crippen molar-refractivity contribution in [1.29, 1.82) is 0 Å². The van der Waals surface area contributed by atoms with Crippen LogP contribution in [0.4, 0.5) is 0 Å². The average molecular weight is 617 g/mol. The Morgan fingerprint density at radius 1 is 0.600 bits per heavy atom. The molecule has 2 aromatic rings. The quantitative estimate of drug-likeness (QED) is 0.0384. The lowest BCUT2D eigenvalue weighted by molar-refractivity contribution is -0.163. The number of unbranched alkanes of at least 4 members (excludes halogenated alkanes) is 11. The Morgan fingerprint density at radius 2 is 1.04 bits per heavy atom.